The molecule has 0 aliphatic rings. The van der Waals surface area contributed by atoms with Crippen LogP contribution in [0.4, 0.5) is 0 Å². The maximum Gasteiger partial charge on any atom is 1.00 e. The van der Waals surface area contributed by atoms with Crippen molar-refractivity contribution in [2.24, 2.45) is 0 Å². The van der Waals surface area contributed by atoms with Crippen molar-refractivity contribution in [2.75, 3.05) is 6.26 Å². The maximum absolute atomic E-state index is 13.0. The van der Waals surface area contributed by atoms with E-state index < -0.39 is 5.97 Å². The predicted molar refractivity (Wildman–Crippen MR) is 104 cm³/mol. The van der Waals surface area contributed by atoms with Gasteiger partial charge in [-0.05, 0) is 36.9 Å². The molecule has 0 aliphatic carbocycles. The Balaban J connectivity index is 0.00000261. The first kappa shape index (κ1) is 22.0. The summed E-state index contributed by atoms with van der Waals surface area (Å²) in [6, 6.07) is 7.23. The number of aliphatic carboxylic acids is 1. The van der Waals surface area contributed by atoms with Crippen LogP contribution in [0.5, 0.6) is 0 Å². The zero-order valence-corrected chi connectivity index (χ0v) is 19.4. The number of rotatable bonds is 3. The SMILES string of the molecule is CSc1c(C)ccc2c(=O)c3ccc(C(C)(C)C)nc3n(CC(=O)[O-])c12.[Na+]. The van der Waals surface area contributed by atoms with Gasteiger partial charge in [0.2, 0.25) is 0 Å². The van der Waals surface area contributed by atoms with Crippen LogP contribution >= 0.6 is 11.8 Å². The van der Waals surface area contributed by atoms with Crippen molar-refractivity contribution in [3.05, 3.63) is 45.7 Å². The quantitative estimate of drug-likeness (QED) is 0.346. The van der Waals surface area contributed by atoms with Gasteiger partial charge >= 0.3 is 29.6 Å². The largest absolute Gasteiger partial charge is 1.00 e. The molecular formula is C20H21N2NaO3S. The molecular weight excluding hydrogens is 371 g/mol. The topological polar surface area (TPSA) is 75.0 Å². The number of aromatic nitrogens is 2. The number of aryl methyl sites for hydroxylation is 1. The van der Waals surface area contributed by atoms with Gasteiger partial charge in [-0.15, -0.1) is 11.8 Å². The minimum atomic E-state index is -1.22. The molecule has 0 bridgehead atoms. The third-order valence-electron chi connectivity index (χ3n) is 4.48. The molecule has 0 atom stereocenters. The van der Waals surface area contributed by atoms with Crippen LogP contribution in [0.3, 0.4) is 0 Å². The molecule has 0 radical (unpaired) electrons. The molecule has 136 valence electrons. The summed E-state index contributed by atoms with van der Waals surface area (Å²) in [6.07, 6.45) is 1.92. The van der Waals surface area contributed by atoms with E-state index in [0.717, 1.165) is 16.2 Å². The number of nitrogens with zero attached hydrogens (tertiary/aromatic N) is 2. The van der Waals surface area contributed by atoms with Crippen molar-refractivity contribution in [1.82, 2.24) is 9.55 Å². The normalized spacial score (nSPS) is 11.6. The maximum atomic E-state index is 13.0. The van der Waals surface area contributed by atoms with Crippen LogP contribution in [0.25, 0.3) is 21.9 Å². The van der Waals surface area contributed by atoms with Crippen molar-refractivity contribution in [3.63, 3.8) is 0 Å². The van der Waals surface area contributed by atoms with Gasteiger partial charge in [-0.1, -0.05) is 26.8 Å². The predicted octanol–water partition coefficient (Wildman–Crippen LogP) is -0.369. The van der Waals surface area contributed by atoms with E-state index in [1.807, 2.05) is 46.1 Å². The van der Waals surface area contributed by atoms with Gasteiger partial charge in [0.1, 0.15) is 5.65 Å². The van der Waals surface area contributed by atoms with Crippen molar-refractivity contribution in [1.29, 1.82) is 0 Å². The summed E-state index contributed by atoms with van der Waals surface area (Å²) in [5, 5.41) is 12.4. The number of carboxylic acid groups (broad SMARTS) is 1. The summed E-state index contributed by atoms with van der Waals surface area (Å²) in [6.45, 7) is 7.68. The van der Waals surface area contributed by atoms with Gasteiger partial charge in [0.25, 0.3) is 0 Å². The Labute approximate surface area is 184 Å². The van der Waals surface area contributed by atoms with Gasteiger partial charge in [0.15, 0.2) is 5.43 Å². The van der Waals surface area contributed by atoms with E-state index >= 15 is 0 Å². The van der Waals surface area contributed by atoms with Gasteiger partial charge in [0.05, 0.1) is 23.4 Å². The van der Waals surface area contributed by atoms with Crippen LogP contribution in [0.1, 0.15) is 32.0 Å². The summed E-state index contributed by atoms with van der Waals surface area (Å²) in [5.74, 6) is -1.22. The molecule has 7 heteroatoms. The summed E-state index contributed by atoms with van der Waals surface area (Å²) < 4.78 is 1.61. The summed E-state index contributed by atoms with van der Waals surface area (Å²) in [4.78, 5) is 30.1. The summed E-state index contributed by atoms with van der Waals surface area (Å²) in [5.41, 5.74) is 2.43. The fourth-order valence-corrected chi connectivity index (χ4v) is 3.97. The minimum Gasteiger partial charge on any atom is -0.548 e. The third kappa shape index (κ3) is 3.94. The van der Waals surface area contributed by atoms with Crippen molar-refractivity contribution >= 4 is 39.7 Å². The number of carbonyl (C=O) groups excluding carboxylic acids is 1. The summed E-state index contributed by atoms with van der Waals surface area (Å²) >= 11 is 1.49. The van der Waals surface area contributed by atoms with Gasteiger partial charge in [-0.25, -0.2) is 4.98 Å². The Morgan fingerprint density at radius 3 is 2.37 bits per heavy atom. The van der Waals surface area contributed by atoms with Crippen molar-refractivity contribution in [2.45, 2.75) is 44.6 Å². The van der Waals surface area contributed by atoms with Gasteiger partial charge < -0.3 is 14.5 Å². The van der Waals surface area contributed by atoms with Crippen LogP contribution in [0.15, 0.2) is 34.0 Å². The Hall–Kier alpha value is -1.34. The molecule has 3 rings (SSSR count). The zero-order chi connectivity index (χ0) is 19.2. The van der Waals surface area contributed by atoms with E-state index in [1.54, 1.807) is 16.7 Å². The van der Waals surface area contributed by atoms with Crippen LogP contribution in [-0.4, -0.2) is 21.8 Å². The average molecular weight is 392 g/mol. The first-order valence-corrected chi connectivity index (χ1v) is 9.59. The number of hydrogen-bond donors (Lipinski definition) is 0. The van der Waals surface area contributed by atoms with Crippen LogP contribution < -0.4 is 40.1 Å². The molecule has 0 spiro atoms. The Kier molecular flexibility index (Phi) is 6.47. The molecule has 27 heavy (non-hydrogen) atoms. The number of thioether (sulfide) groups is 1. The molecule has 1 aromatic carbocycles. The monoisotopic (exact) mass is 392 g/mol. The van der Waals surface area contributed by atoms with Crippen LogP contribution in [0.2, 0.25) is 0 Å². The van der Waals surface area contributed by atoms with E-state index in [1.165, 1.54) is 11.8 Å². The molecule has 2 heterocycles. The second-order valence-electron chi connectivity index (χ2n) is 7.42. The van der Waals surface area contributed by atoms with E-state index in [2.05, 4.69) is 4.98 Å². The van der Waals surface area contributed by atoms with E-state index in [9.17, 15) is 14.7 Å². The smallest absolute Gasteiger partial charge is 0.548 e. The van der Waals surface area contributed by atoms with Gasteiger partial charge in [-0.3, -0.25) is 4.79 Å². The molecule has 0 unspecified atom stereocenters. The fourth-order valence-electron chi connectivity index (χ4n) is 3.16. The van der Waals surface area contributed by atoms with Crippen LogP contribution in [-0.2, 0) is 16.8 Å². The second kappa shape index (κ2) is 7.95. The number of fused-ring (bicyclic) bond motifs is 2. The van der Waals surface area contributed by atoms with E-state index in [4.69, 9.17) is 0 Å². The molecule has 2 aromatic heterocycles. The Morgan fingerprint density at radius 1 is 1.19 bits per heavy atom. The van der Waals surface area contributed by atoms with Gasteiger partial charge in [-0.2, -0.15) is 0 Å². The van der Waals surface area contributed by atoms with E-state index in [-0.39, 0.29) is 46.9 Å². The molecule has 0 saturated heterocycles. The molecule has 0 saturated carbocycles. The average Bonchev–Trinajstić information content (AvgIpc) is 2.56. The molecule has 5 nitrogen and oxygen atoms in total. The van der Waals surface area contributed by atoms with Gasteiger partial charge in [0, 0.05) is 21.4 Å². The van der Waals surface area contributed by atoms with Crippen LogP contribution in [0, 0.1) is 6.92 Å². The zero-order valence-electron chi connectivity index (χ0n) is 16.5. The molecule has 0 fully saturated rings. The van der Waals surface area contributed by atoms with E-state index in [0.29, 0.717) is 21.9 Å². The Bertz CT molecular complexity index is 1100. The molecule has 3 aromatic rings. The number of pyridine rings is 2. The molecule has 0 aliphatic heterocycles. The third-order valence-corrected chi connectivity index (χ3v) is 5.40. The second-order valence-corrected chi connectivity index (χ2v) is 8.23. The molecule has 0 amide bonds. The fraction of sp³-hybridized carbons (Fsp3) is 0.350. The first-order chi connectivity index (χ1) is 12.1. The number of carboxylic acids is 1. The minimum absolute atomic E-state index is 0. The van der Waals surface area contributed by atoms with Crippen molar-refractivity contribution < 1.29 is 39.5 Å². The van der Waals surface area contributed by atoms with Crippen molar-refractivity contribution in [3.8, 4) is 0 Å². The number of hydrogen-bond acceptors (Lipinski definition) is 5. The number of carbonyl (C=O) groups is 1. The molecule has 0 N–H and O–H groups in total. The first-order valence-electron chi connectivity index (χ1n) is 8.36. The number of benzene rings is 1. The summed E-state index contributed by atoms with van der Waals surface area (Å²) in [7, 11) is 0. The Morgan fingerprint density at radius 2 is 1.81 bits per heavy atom. The standard InChI is InChI=1S/C20H22N2O3S.Na/c1-11-6-7-12-16(18(11)26-5)22(10-15(23)24)19-13(17(12)25)8-9-14(21-19)20(2,3)4;/h6-9H,10H2,1-5H3,(H,23,24);/q;+1/p-1.